The second-order valence-corrected chi connectivity index (χ2v) is 4.52. The fourth-order valence-electron chi connectivity index (χ4n) is 2.22. The summed E-state index contributed by atoms with van der Waals surface area (Å²) in [5, 5.41) is 9.22. The van der Waals surface area contributed by atoms with Crippen molar-refractivity contribution >= 4 is 5.97 Å². The predicted octanol–water partition coefficient (Wildman–Crippen LogP) is 3.67. The average molecular weight is 235 g/mol. The molecule has 0 bridgehead atoms. The molecule has 17 heavy (non-hydrogen) atoms. The van der Waals surface area contributed by atoms with Gasteiger partial charge in [-0.3, -0.25) is 0 Å². The Bertz CT molecular complexity index is 414. The van der Waals surface area contributed by atoms with Gasteiger partial charge in [-0.05, 0) is 31.7 Å². The lowest BCUT2D eigenvalue weighted by Gasteiger charge is -2.18. The number of hydrogen-bond acceptors (Lipinski definition) is 1. The van der Waals surface area contributed by atoms with Crippen molar-refractivity contribution in [2.24, 2.45) is 0 Å². The SMILES string of the molecule is C=C(C)Cn1ccc(C(=O)O)c1C(CC)CC. The minimum atomic E-state index is -0.840. The summed E-state index contributed by atoms with van der Waals surface area (Å²) in [6, 6.07) is 1.69. The number of allylic oxidation sites excluding steroid dienone is 1. The van der Waals surface area contributed by atoms with Crippen LogP contribution in [0.5, 0.6) is 0 Å². The first-order valence-corrected chi connectivity index (χ1v) is 6.07. The van der Waals surface area contributed by atoms with Gasteiger partial charge in [-0.25, -0.2) is 4.79 Å². The topological polar surface area (TPSA) is 42.2 Å². The Balaban J connectivity index is 3.22. The first kappa shape index (κ1) is 13.6. The third-order valence-electron chi connectivity index (χ3n) is 3.05. The van der Waals surface area contributed by atoms with Gasteiger partial charge < -0.3 is 9.67 Å². The monoisotopic (exact) mass is 235 g/mol. The number of carboxylic acids is 1. The van der Waals surface area contributed by atoms with Crippen molar-refractivity contribution < 1.29 is 9.90 Å². The molecule has 3 heteroatoms. The van der Waals surface area contributed by atoms with Crippen LogP contribution in [0.1, 0.15) is 55.6 Å². The molecule has 0 saturated carbocycles. The van der Waals surface area contributed by atoms with E-state index in [2.05, 4.69) is 20.4 Å². The Kier molecular flexibility index (Phi) is 4.55. The molecule has 1 N–H and O–H groups in total. The molecular formula is C14H21NO2. The van der Waals surface area contributed by atoms with Crippen molar-refractivity contribution in [3.8, 4) is 0 Å². The minimum Gasteiger partial charge on any atom is -0.478 e. The molecule has 3 nitrogen and oxygen atoms in total. The quantitative estimate of drug-likeness (QED) is 0.764. The van der Waals surface area contributed by atoms with Crippen LogP contribution in [0, 0.1) is 0 Å². The van der Waals surface area contributed by atoms with Crippen LogP contribution in [0.25, 0.3) is 0 Å². The maximum atomic E-state index is 11.2. The molecule has 1 aromatic rings. The van der Waals surface area contributed by atoms with Crippen LogP contribution in [0.15, 0.2) is 24.4 Å². The van der Waals surface area contributed by atoms with Crippen LogP contribution in [0.3, 0.4) is 0 Å². The fraction of sp³-hybridized carbons (Fsp3) is 0.500. The van der Waals surface area contributed by atoms with Crippen molar-refractivity contribution in [3.05, 3.63) is 35.7 Å². The molecule has 0 aromatic carbocycles. The number of nitrogens with zero attached hydrogens (tertiary/aromatic N) is 1. The number of rotatable bonds is 6. The summed E-state index contributed by atoms with van der Waals surface area (Å²) in [6.07, 6.45) is 3.76. The highest BCUT2D eigenvalue weighted by atomic mass is 16.4. The maximum Gasteiger partial charge on any atom is 0.337 e. The van der Waals surface area contributed by atoms with E-state index in [1.54, 1.807) is 6.07 Å². The van der Waals surface area contributed by atoms with E-state index in [0.717, 1.165) is 24.1 Å². The number of carbonyl (C=O) groups is 1. The predicted molar refractivity (Wildman–Crippen MR) is 69.5 cm³/mol. The lowest BCUT2D eigenvalue weighted by Crippen LogP contribution is -2.11. The van der Waals surface area contributed by atoms with E-state index in [1.807, 2.05) is 17.7 Å². The lowest BCUT2D eigenvalue weighted by atomic mass is 9.96. The summed E-state index contributed by atoms with van der Waals surface area (Å²) in [6.45, 7) is 10.7. The fourth-order valence-corrected chi connectivity index (χ4v) is 2.22. The maximum absolute atomic E-state index is 11.2. The van der Waals surface area contributed by atoms with E-state index in [1.165, 1.54) is 0 Å². The van der Waals surface area contributed by atoms with Crippen LogP contribution >= 0.6 is 0 Å². The Morgan fingerprint density at radius 3 is 2.47 bits per heavy atom. The second-order valence-electron chi connectivity index (χ2n) is 4.52. The summed E-state index contributed by atoms with van der Waals surface area (Å²) in [5.41, 5.74) is 2.40. The summed E-state index contributed by atoms with van der Waals surface area (Å²) >= 11 is 0. The van der Waals surface area contributed by atoms with E-state index in [4.69, 9.17) is 0 Å². The smallest absolute Gasteiger partial charge is 0.337 e. The molecule has 0 aliphatic carbocycles. The highest BCUT2D eigenvalue weighted by Gasteiger charge is 2.20. The molecule has 0 aliphatic heterocycles. The summed E-state index contributed by atoms with van der Waals surface area (Å²) < 4.78 is 2.02. The molecule has 0 spiro atoms. The Hall–Kier alpha value is -1.51. The van der Waals surface area contributed by atoms with Gasteiger partial charge in [-0.2, -0.15) is 0 Å². The van der Waals surface area contributed by atoms with E-state index in [-0.39, 0.29) is 0 Å². The van der Waals surface area contributed by atoms with Gasteiger partial charge >= 0.3 is 5.97 Å². The molecule has 0 fully saturated rings. The molecule has 0 saturated heterocycles. The van der Waals surface area contributed by atoms with E-state index >= 15 is 0 Å². The van der Waals surface area contributed by atoms with Gasteiger partial charge in [-0.1, -0.05) is 26.0 Å². The van der Waals surface area contributed by atoms with Crippen molar-refractivity contribution in [1.82, 2.24) is 4.57 Å². The van der Waals surface area contributed by atoms with Crippen molar-refractivity contribution in [2.75, 3.05) is 0 Å². The first-order chi connectivity index (χ1) is 8.01. The molecular weight excluding hydrogens is 214 g/mol. The third-order valence-corrected chi connectivity index (χ3v) is 3.05. The largest absolute Gasteiger partial charge is 0.478 e. The second kappa shape index (κ2) is 5.71. The van der Waals surface area contributed by atoms with E-state index < -0.39 is 5.97 Å². The summed E-state index contributed by atoms with van der Waals surface area (Å²) in [4.78, 5) is 11.2. The van der Waals surface area contributed by atoms with Gasteiger partial charge in [0, 0.05) is 18.4 Å². The zero-order valence-corrected chi connectivity index (χ0v) is 10.9. The van der Waals surface area contributed by atoms with Crippen molar-refractivity contribution in [1.29, 1.82) is 0 Å². The van der Waals surface area contributed by atoms with E-state index in [0.29, 0.717) is 18.0 Å². The third kappa shape index (κ3) is 2.99. The highest BCUT2D eigenvalue weighted by Crippen LogP contribution is 2.28. The zero-order valence-electron chi connectivity index (χ0n) is 10.9. The molecule has 1 rings (SSSR count). The molecule has 1 heterocycles. The molecule has 0 atom stereocenters. The molecule has 0 unspecified atom stereocenters. The number of aromatic nitrogens is 1. The molecule has 1 aromatic heterocycles. The van der Waals surface area contributed by atoms with Gasteiger partial charge in [0.2, 0.25) is 0 Å². The Morgan fingerprint density at radius 2 is 2.06 bits per heavy atom. The standard InChI is InChI=1S/C14H21NO2/c1-5-11(6-2)13-12(14(16)17)7-8-15(13)9-10(3)4/h7-8,11H,3,5-6,9H2,1-2,4H3,(H,16,17). The molecule has 0 amide bonds. The van der Waals surface area contributed by atoms with Gasteiger partial charge in [-0.15, -0.1) is 0 Å². The summed E-state index contributed by atoms with van der Waals surface area (Å²) in [5.74, 6) is -0.539. The zero-order chi connectivity index (χ0) is 13.0. The van der Waals surface area contributed by atoms with Gasteiger partial charge in [0.1, 0.15) is 0 Å². The molecule has 0 aliphatic rings. The minimum absolute atomic E-state index is 0.301. The summed E-state index contributed by atoms with van der Waals surface area (Å²) in [7, 11) is 0. The van der Waals surface area contributed by atoms with Crippen molar-refractivity contribution in [3.63, 3.8) is 0 Å². The van der Waals surface area contributed by atoms with Crippen LogP contribution < -0.4 is 0 Å². The molecule has 0 radical (unpaired) electrons. The van der Waals surface area contributed by atoms with Crippen molar-refractivity contribution in [2.45, 2.75) is 46.1 Å². The van der Waals surface area contributed by atoms with Crippen LogP contribution in [-0.2, 0) is 6.54 Å². The van der Waals surface area contributed by atoms with E-state index in [9.17, 15) is 9.90 Å². The lowest BCUT2D eigenvalue weighted by molar-refractivity contribution is 0.0695. The van der Waals surface area contributed by atoms with Gasteiger partial charge in [0.15, 0.2) is 0 Å². The van der Waals surface area contributed by atoms with Gasteiger partial charge in [0.25, 0.3) is 0 Å². The van der Waals surface area contributed by atoms with Crippen LogP contribution in [-0.4, -0.2) is 15.6 Å². The van der Waals surface area contributed by atoms with Crippen LogP contribution in [0.4, 0.5) is 0 Å². The Morgan fingerprint density at radius 1 is 1.47 bits per heavy atom. The highest BCUT2D eigenvalue weighted by molar-refractivity contribution is 5.89. The molecule has 94 valence electrons. The Labute approximate surface area is 103 Å². The normalized spacial score (nSPS) is 10.8. The first-order valence-electron chi connectivity index (χ1n) is 6.07. The number of carboxylic acid groups (broad SMARTS) is 1. The number of aromatic carboxylic acids is 1. The van der Waals surface area contributed by atoms with Gasteiger partial charge in [0.05, 0.1) is 5.56 Å². The average Bonchev–Trinajstić information content (AvgIpc) is 2.63. The van der Waals surface area contributed by atoms with Crippen LogP contribution in [0.2, 0.25) is 0 Å². The number of hydrogen-bond donors (Lipinski definition) is 1.